The van der Waals surface area contributed by atoms with E-state index in [4.69, 9.17) is 10.8 Å². The molecule has 15 heavy (non-hydrogen) atoms. The predicted molar refractivity (Wildman–Crippen MR) is 55.6 cm³/mol. The van der Waals surface area contributed by atoms with Crippen LogP contribution in [0.3, 0.4) is 0 Å². The molecule has 3 N–H and O–H groups in total. The van der Waals surface area contributed by atoms with Crippen molar-refractivity contribution in [2.24, 2.45) is 11.7 Å². The molecule has 0 aliphatic rings. The molecule has 0 fully saturated rings. The van der Waals surface area contributed by atoms with Crippen molar-refractivity contribution < 1.29 is 14.7 Å². The molecule has 0 saturated heterocycles. The highest BCUT2D eigenvalue weighted by Crippen LogP contribution is 2.12. The normalized spacial score (nSPS) is 12.1. The van der Waals surface area contributed by atoms with Crippen LogP contribution >= 0.6 is 0 Å². The first-order valence-corrected chi connectivity index (χ1v) is 4.69. The maximum absolute atomic E-state index is 11.7. The van der Waals surface area contributed by atoms with Crippen LogP contribution < -0.4 is 5.73 Å². The van der Waals surface area contributed by atoms with Crippen LogP contribution in [0, 0.1) is 5.92 Å². The molecular formula is C11H13NO3. The van der Waals surface area contributed by atoms with E-state index in [1.807, 2.05) is 0 Å². The third-order valence-corrected chi connectivity index (χ3v) is 2.13. The molecule has 0 heterocycles. The van der Waals surface area contributed by atoms with Crippen LogP contribution in [-0.4, -0.2) is 23.4 Å². The van der Waals surface area contributed by atoms with Crippen LogP contribution in [0.1, 0.15) is 16.8 Å². The zero-order valence-corrected chi connectivity index (χ0v) is 8.22. The molecule has 0 saturated carbocycles. The van der Waals surface area contributed by atoms with Gasteiger partial charge >= 0.3 is 5.97 Å². The second-order valence-electron chi connectivity index (χ2n) is 3.20. The molecule has 4 nitrogen and oxygen atoms in total. The van der Waals surface area contributed by atoms with Crippen molar-refractivity contribution in [3.8, 4) is 0 Å². The average Bonchev–Trinajstić information content (AvgIpc) is 2.26. The minimum atomic E-state index is -1.12. The van der Waals surface area contributed by atoms with Crippen molar-refractivity contribution in [2.45, 2.75) is 6.42 Å². The molecule has 1 rings (SSSR count). The number of Topliss-reactive ketones (excluding diaryl/α,β-unsaturated/α-hetero) is 1. The van der Waals surface area contributed by atoms with Crippen LogP contribution in [0.4, 0.5) is 0 Å². The number of carboxylic acids is 1. The monoisotopic (exact) mass is 207 g/mol. The van der Waals surface area contributed by atoms with Crippen molar-refractivity contribution in [1.29, 1.82) is 0 Å². The van der Waals surface area contributed by atoms with Crippen LogP contribution in [0.2, 0.25) is 0 Å². The van der Waals surface area contributed by atoms with Gasteiger partial charge in [-0.25, -0.2) is 0 Å². The number of hydrogen-bond acceptors (Lipinski definition) is 3. The number of carbonyl (C=O) groups excluding carboxylic acids is 1. The Morgan fingerprint density at radius 2 is 1.87 bits per heavy atom. The zero-order chi connectivity index (χ0) is 11.3. The Morgan fingerprint density at radius 1 is 1.27 bits per heavy atom. The highest BCUT2D eigenvalue weighted by atomic mass is 16.4. The van der Waals surface area contributed by atoms with Gasteiger partial charge in [-0.2, -0.15) is 0 Å². The summed E-state index contributed by atoms with van der Waals surface area (Å²) in [6, 6.07) is 8.39. The molecule has 0 aliphatic heterocycles. The third kappa shape index (κ3) is 2.89. The van der Waals surface area contributed by atoms with Gasteiger partial charge in [-0.15, -0.1) is 0 Å². The molecule has 0 amide bonds. The summed E-state index contributed by atoms with van der Waals surface area (Å²) in [5.74, 6) is -2.53. The maximum Gasteiger partial charge on any atom is 0.314 e. The number of rotatable bonds is 5. The number of benzene rings is 1. The minimum absolute atomic E-state index is 0.170. The second kappa shape index (κ2) is 5.26. The van der Waals surface area contributed by atoms with Gasteiger partial charge in [0.2, 0.25) is 0 Å². The fraction of sp³-hybridized carbons (Fsp3) is 0.273. The molecule has 0 aromatic heterocycles. The van der Waals surface area contributed by atoms with Crippen LogP contribution in [-0.2, 0) is 4.79 Å². The van der Waals surface area contributed by atoms with E-state index in [9.17, 15) is 9.59 Å². The van der Waals surface area contributed by atoms with Gasteiger partial charge < -0.3 is 10.8 Å². The van der Waals surface area contributed by atoms with E-state index in [0.29, 0.717) is 5.56 Å². The fourth-order valence-electron chi connectivity index (χ4n) is 1.34. The third-order valence-electron chi connectivity index (χ3n) is 2.13. The number of hydrogen-bond donors (Lipinski definition) is 2. The van der Waals surface area contributed by atoms with E-state index in [2.05, 4.69) is 0 Å². The first kappa shape index (κ1) is 11.4. The second-order valence-corrected chi connectivity index (χ2v) is 3.20. The van der Waals surface area contributed by atoms with E-state index in [1.165, 1.54) is 0 Å². The number of nitrogens with two attached hydrogens (primary N) is 1. The van der Waals surface area contributed by atoms with Crippen molar-refractivity contribution >= 4 is 11.8 Å². The number of aliphatic carboxylic acids is 1. The molecule has 80 valence electrons. The predicted octanol–water partition coefficient (Wildman–Crippen LogP) is 0.919. The molecule has 0 radical (unpaired) electrons. The fourth-order valence-corrected chi connectivity index (χ4v) is 1.34. The standard InChI is InChI=1S/C11H13NO3/c12-7-6-9(11(14)15)10(13)8-4-2-1-3-5-8/h1-5,9H,6-7,12H2,(H,14,15). The molecule has 1 aromatic rings. The van der Waals surface area contributed by atoms with Gasteiger partial charge in [0.1, 0.15) is 5.92 Å². The topological polar surface area (TPSA) is 80.4 Å². The summed E-state index contributed by atoms with van der Waals surface area (Å²) >= 11 is 0. The Morgan fingerprint density at radius 3 is 2.33 bits per heavy atom. The summed E-state index contributed by atoms with van der Waals surface area (Å²) in [4.78, 5) is 22.6. The van der Waals surface area contributed by atoms with Crippen LogP contribution in [0.15, 0.2) is 30.3 Å². The molecule has 1 aromatic carbocycles. The van der Waals surface area contributed by atoms with Crippen molar-refractivity contribution in [3.63, 3.8) is 0 Å². The molecule has 0 aliphatic carbocycles. The van der Waals surface area contributed by atoms with Crippen LogP contribution in [0.5, 0.6) is 0 Å². The summed E-state index contributed by atoms with van der Waals surface area (Å²) in [6.45, 7) is 0.190. The lowest BCUT2D eigenvalue weighted by atomic mass is 9.95. The molecule has 1 atom stereocenters. The number of carbonyl (C=O) groups is 2. The lowest BCUT2D eigenvalue weighted by Crippen LogP contribution is -2.26. The van der Waals surface area contributed by atoms with Gasteiger partial charge in [-0.3, -0.25) is 9.59 Å². The average molecular weight is 207 g/mol. The van der Waals surface area contributed by atoms with Crippen molar-refractivity contribution in [3.05, 3.63) is 35.9 Å². The molecule has 0 bridgehead atoms. The van der Waals surface area contributed by atoms with Crippen molar-refractivity contribution in [1.82, 2.24) is 0 Å². The van der Waals surface area contributed by atoms with E-state index >= 15 is 0 Å². The first-order valence-electron chi connectivity index (χ1n) is 4.69. The van der Waals surface area contributed by atoms with Gasteiger partial charge in [-0.05, 0) is 13.0 Å². The summed E-state index contributed by atoms with van der Waals surface area (Å²) in [5.41, 5.74) is 5.68. The first-order chi connectivity index (χ1) is 7.16. The molecular weight excluding hydrogens is 194 g/mol. The lowest BCUT2D eigenvalue weighted by Gasteiger charge is -2.09. The van der Waals surface area contributed by atoms with E-state index < -0.39 is 11.9 Å². The Bertz CT molecular complexity index is 348. The summed E-state index contributed by atoms with van der Waals surface area (Å²) < 4.78 is 0. The minimum Gasteiger partial charge on any atom is -0.481 e. The van der Waals surface area contributed by atoms with Crippen LogP contribution in [0.25, 0.3) is 0 Å². The van der Waals surface area contributed by atoms with E-state index in [1.54, 1.807) is 30.3 Å². The van der Waals surface area contributed by atoms with E-state index in [-0.39, 0.29) is 18.7 Å². The summed E-state index contributed by atoms with van der Waals surface area (Å²) in [6.07, 6.45) is 0.170. The quantitative estimate of drug-likeness (QED) is 0.555. The van der Waals surface area contributed by atoms with Gasteiger partial charge in [-0.1, -0.05) is 30.3 Å². The Balaban J connectivity index is 2.86. The Labute approximate surface area is 87.7 Å². The van der Waals surface area contributed by atoms with Crippen molar-refractivity contribution in [2.75, 3.05) is 6.54 Å². The smallest absolute Gasteiger partial charge is 0.314 e. The van der Waals surface area contributed by atoms with Gasteiger partial charge in [0.25, 0.3) is 0 Å². The highest BCUT2D eigenvalue weighted by Gasteiger charge is 2.25. The largest absolute Gasteiger partial charge is 0.481 e. The zero-order valence-electron chi connectivity index (χ0n) is 8.22. The maximum atomic E-state index is 11.7. The molecule has 0 spiro atoms. The Kier molecular flexibility index (Phi) is 4.00. The summed E-state index contributed by atoms with van der Waals surface area (Å²) in [7, 11) is 0. The van der Waals surface area contributed by atoms with Gasteiger partial charge in [0.15, 0.2) is 5.78 Å². The number of carboxylic acid groups (broad SMARTS) is 1. The Hall–Kier alpha value is -1.68. The van der Waals surface area contributed by atoms with Gasteiger partial charge in [0, 0.05) is 5.56 Å². The molecule has 4 heteroatoms. The number of ketones is 1. The lowest BCUT2D eigenvalue weighted by molar-refractivity contribution is -0.140. The SMILES string of the molecule is NCCC(C(=O)O)C(=O)c1ccccc1. The molecule has 1 unspecified atom stereocenters. The summed E-state index contributed by atoms with van der Waals surface area (Å²) in [5, 5.41) is 8.86. The van der Waals surface area contributed by atoms with Gasteiger partial charge in [0.05, 0.1) is 0 Å². The van der Waals surface area contributed by atoms with E-state index in [0.717, 1.165) is 0 Å². The highest BCUT2D eigenvalue weighted by molar-refractivity contribution is 6.08.